The van der Waals surface area contributed by atoms with Crippen LogP contribution in [-0.4, -0.2) is 42.3 Å². The summed E-state index contributed by atoms with van der Waals surface area (Å²) in [4.78, 5) is 19.0. The molecule has 2 heterocycles. The smallest absolute Gasteiger partial charge is 0.293 e. The number of benzene rings is 1. The third-order valence-electron chi connectivity index (χ3n) is 3.95. The molecule has 1 N–H and O–H groups in total. The molecule has 1 saturated heterocycles. The van der Waals surface area contributed by atoms with Crippen LogP contribution in [0.5, 0.6) is 5.75 Å². The highest BCUT2D eigenvalue weighted by Crippen LogP contribution is 2.16. The number of ether oxygens (including phenoxy) is 1. The standard InChI is InChI=1S/C17H21BrN4O2/c18-14-2-4-15(5-3-14)24-13-12-22-11-8-20-16(17(22)23)21-9-1-6-19-7-10-21/h2-5,8,11,19H,1,6-7,9-10,12-13H2. The van der Waals surface area contributed by atoms with Crippen molar-refractivity contribution < 1.29 is 4.74 Å². The van der Waals surface area contributed by atoms with Gasteiger partial charge in [-0.3, -0.25) is 4.79 Å². The van der Waals surface area contributed by atoms with Crippen LogP contribution in [0.4, 0.5) is 5.82 Å². The van der Waals surface area contributed by atoms with Gasteiger partial charge in [0.25, 0.3) is 5.56 Å². The van der Waals surface area contributed by atoms with Crippen molar-refractivity contribution in [3.8, 4) is 5.75 Å². The molecule has 0 saturated carbocycles. The molecule has 1 aliphatic heterocycles. The highest BCUT2D eigenvalue weighted by Gasteiger charge is 2.15. The Morgan fingerprint density at radius 2 is 2.04 bits per heavy atom. The van der Waals surface area contributed by atoms with E-state index in [0.29, 0.717) is 19.0 Å². The van der Waals surface area contributed by atoms with Crippen molar-refractivity contribution in [3.63, 3.8) is 0 Å². The van der Waals surface area contributed by atoms with Crippen LogP contribution in [0.1, 0.15) is 6.42 Å². The quantitative estimate of drug-likeness (QED) is 0.841. The van der Waals surface area contributed by atoms with E-state index in [0.717, 1.165) is 42.8 Å². The van der Waals surface area contributed by atoms with Crippen molar-refractivity contribution in [1.29, 1.82) is 0 Å². The summed E-state index contributed by atoms with van der Waals surface area (Å²) in [7, 11) is 0. The van der Waals surface area contributed by atoms with E-state index in [2.05, 4.69) is 31.1 Å². The first-order valence-electron chi connectivity index (χ1n) is 8.13. The van der Waals surface area contributed by atoms with Gasteiger partial charge in [0, 0.05) is 36.5 Å². The fourth-order valence-corrected chi connectivity index (χ4v) is 2.94. The summed E-state index contributed by atoms with van der Waals surface area (Å²) in [5, 5.41) is 3.34. The van der Waals surface area contributed by atoms with E-state index in [4.69, 9.17) is 4.74 Å². The molecule has 0 unspecified atom stereocenters. The lowest BCUT2D eigenvalue weighted by molar-refractivity contribution is 0.296. The molecule has 3 rings (SSSR count). The van der Waals surface area contributed by atoms with E-state index in [1.54, 1.807) is 17.0 Å². The fraction of sp³-hybridized carbons (Fsp3) is 0.412. The topological polar surface area (TPSA) is 59.4 Å². The summed E-state index contributed by atoms with van der Waals surface area (Å²) in [5.41, 5.74) is -0.0567. The van der Waals surface area contributed by atoms with Crippen LogP contribution in [0, 0.1) is 0 Å². The second-order valence-corrected chi connectivity index (χ2v) is 6.56. The molecule has 128 valence electrons. The predicted molar refractivity (Wildman–Crippen MR) is 97.8 cm³/mol. The van der Waals surface area contributed by atoms with Gasteiger partial charge in [-0.25, -0.2) is 4.98 Å². The first kappa shape index (κ1) is 17.0. The second-order valence-electron chi connectivity index (χ2n) is 5.64. The fourth-order valence-electron chi connectivity index (χ4n) is 2.68. The maximum Gasteiger partial charge on any atom is 0.293 e. The number of hydrogen-bond acceptors (Lipinski definition) is 5. The minimum atomic E-state index is -0.0567. The molecule has 6 nitrogen and oxygen atoms in total. The van der Waals surface area contributed by atoms with Gasteiger partial charge in [0.1, 0.15) is 12.4 Å². The summed E-state index contributed by atoms with van der Waals surface area (Å²) in [6.07, 6.45) is 4.42. The lowest BCUT2D eigenvalue weighted by Crippen LogP contribution is -2.36. The van der Waals surface area contributed by atoms with Crippen LogP contribution in [0.15, 0.2) is 45.9 Å². The van der Waals surface area contributed by atoms with Gasteiger partial charge >= 0.3 is 0 Å². The first-order chi connectivity index (χ1) is 11.7. The van der Waals surface area contributed by atoms with Crippen molar-refractivity contribution in [1.82, 2.24) is 14.9 Å². The van der Waals surface area contributed by atoms with Crippen LogP contribution < -0.4 is 20.5 Å². The Kier molecular flexibility index (Phi) is 5.87. The molecule has 7 heteroatoms. The molecular formula is C17H21BrN4O2. The highest BCUT2D eigenvalue weighted by atomic mass is 79.9. The zero-order valence-corrected chi connectivity index (χ0v) is 15.0. The van der Waals surface area contributed by atoms with E-state index in [-0.39, 0.29) is 5.56 Å². The Morgan fingerprint density at radius 1 is 1.21 bits per heavy atom. The third-order valence-corrected chi connectivity index (χ3v) is 4.48. The Hall–Kier alpha value is -1.86. The summed E-state index contributed by atoms with van der Waals surface area (Å²) >= 11 is 3.39. The minimum absolute atomic E-state index is 0.0567. The lowest BCUT2D eigenvalue weighted by Gasteiger charge is -2.20. The van der Waals surface area contributed by atoms with Crippen molar-refractivity contribution in [2.45, 2.75) is 13.0 Å². The van der Waals surface area contributed by atoms with Crippen molar-refractivity contribution in [2.75, 3.05) is 37.7 Å². The van der Waals surface area contributed by atoms with Gasteiger partial charge in [0.15, 0.2) is 5.82 Å². The Labute approximate surface area is 149 Å². The molecule has 0 amide bonds. The van der Waals surface area contributed by atoms with Gasteiger partial charge in [0.05, 0.1) is 6.54 Å². The Bertz CT molecular complexity index is 709. The van der Waals surface area contributed by atoms with Crippen LogP contribution in [0.25, 0.3) is 0 Å². The van der Waals surface area contributed by atoms with E-state index >= 15 is 0 Å². The average Bonchev–Trinajstić information content (AvgIpc) is 2.87. The molecule has 1 aromatic carbocycles. The summed E-state index contributed by atoms with van der Waals surface area (Å²) in [5.74, 6) is 1.32. The van der Waals surface area contributed by atoms with Crippen LogP contribution >= 0.6 is 15.9 Å². The summed E-state index contributed by atoms with van der Waals surface area (Å²) < 4.78 is 8.38. The molecule has 1 aliphatic rings. The van der Waals surface area contributed by atoms with Crippen molar-refractivity contribution >= 4 is 21.7 Å². The molecule has 0 radical (unpaired) electrons. The molecule has 0 atom stereocenters. The molecule has 0 aliphatic carbocycles. The number of hydrogen-bond donors (Lipinski definition) is 1. The summed E-state index contributed by atoms with van der Waals surface area (Å²) in [6.45, 7) is 4.46. The predicted octanol–water partition coefficient (Wildman–Crippen LogP) is 1.88. The largest absolute Gasteiger partial charge is 0.492 e. The van der Waals surface area contributed by atoms with Crippen LogP contribution in [0.2, 0.25) is 0 Å². The maximum atomic E-state index is 12.6. The van der Waals surface area contributed by atoms with E-state index in [1.807, 2.05) is 24.3 Å². The molecule has 1 aromatic heterocycles. The third kappa shape index (κ3) is 4.36. The van der Waals surface area contributed by atoms with Crippen molar-refractivity contribution in [3.05, 3.63) is 51.5 Å². The first-order valence-corrected chi connectivity index (χ1v) is 8.93. The van der Waals surface area contributed by atoms with Gasteiger partial charge in [0.2, 0.25) is 0 Å². The van der Waals surface area contributed by atoms with Crippen LogP contribution in [-0.2, 0) is 6.54 Å². The highest BCUT2D eigenvalue weighted by molar-refractivity contribution is 9.10. The number of rotatable bonds is 5. The number of halogens is 1. The zero-order chi connectivity index (χ0) is 16.8. The second kappa shape index (κ2) is 8.30. The maximum absolute atomic E-state index is 12.6. The lowest BCUT2D eigenvalue weighted by atomic mass is 10.3. The van der Waals surface area contributed by atoms with Gasteiger partial charge in [-0.05, 0) is 37.2 Å². The number of aromatic nitrogens is 2. The molecule has 0 bridgehead atoms. The van der Waals surface area contributed by atoms with Crippen LogP contribution in [0.3, 0.4) is 0 Å². The Morgan fingerprint density at radius 3 is 2.88 bits per heavy atom. The Balaban J connectivity index is 1.64. The molecular weight excluding hydrogens is 372 g/mol. The number of nitrogens with one attached hydrogen (secondary N) is 1. The van der Waals surface area contributed by atoms with E-state index < -0.39 is 0 Å². The van der Waals surface area contributed by atoms with E-state index in [9.17, 15) is 4.79 Å². The monoisotopic (exact) mass is 392 g/mol. The average molecular weight is 393 g/mol. The van der Waals surface area contributed by atoms with Crippen molar-refractivity contribution in [2.24, 2.45) is 0 Å². The molecule has 2 aromatic rings. The number of anilines is 1. The molecule has 24 heavy (non-hydrogen) atoms. The zero-order valence-electron chi connectivity index (χ0n) is 13.4. The SMILES string of the molecule is O=c1c(N2CCCNCC2)nccn1CCOc1ccc(Br)cc1. The number of nitrogens with zero attached hydrogens (tertiary/aromatic N) is 3. The van der Waals surface area contributed by atoms with Gasteiger partial charge < -0.3 is 19.5 Å². The normalized spacial score (nSPS) is 15.1. The van der Waals surface area contributed by atoms with Gasteiger partial charge in [-0.1, -0.05) is 15.9 Å². The van der Waals surface area contributed by atoms with Gasteiger partial charge in [-0.15, -0.1) is 0 Å². The van der Waals surface area contributed by atoms with Gasteiger partial charge in [-0.2, -0.15) is 0 Å². The molecule has 0 spiro atoms. The summed E-state index contributed by atoms with van der Waals surface area (Å²) in [6, 6.07) is 7.66. The van der Waals surface area contributed by atoms with E-state index in [1.165, 1.54) is 0 Å². The molecule has 1 fully saturated rings. The minimum Gasteiger partial charge on any atom is -0.492 e.